The number of sulfone groups is 1. The van der Waals surface area contributed by atoms with E-state index in [4.69, 9.17) is 9.47 Å². The van der Waals surface area contributed by atoms with Crippen LogP contribution in [-0.2, 0) is 21.1 Å². The summed E-state index contributed by atoms with van der Waals surface area (Å²) in [6.07, 6.45) is -0.498. The predicted octanol–water partition coefficient (Wildman–Crippen LogP) is 5.75. The third-order valence-electron chi connectivity index (χ3n) is 7.31. The molecule has 0 radical (unpaired) electrons. The van der Waals surface area contributed by atoms with Gasteiger partial charge < -0.3 is 24.7 Å². The quantitative estimate of drug-likeness (QED) is 0.113. The number of likely N-dealkylation sites (tertiary alicyclic amines) is 1. The van der Waals surface area contributed by atoms with Crippen LogP contribution in [0.25, 0.3) is 10.9 Å². The van der Waals surface area contributed by atoms with E-state index in [1.165, 1.54) is 23.8 Å². The van der Waals surface area contributed by atoms with Gasteiger partial charge in [-0.05, 0) is 55.5 Å². The fourth-order valence-electron chi connectivity index (χ4n) is 5.13. The Hall–Kier alpha value is -2.67. The molecule has 1 aliphatic heterocycles. The van der Waals surface area contributed by atoms with E-state index in [2.05, 4.69) is 50.0 Å². The first-order chi connectivity index (χ1) is 20.4. The number of piperidine rings is 1. The molecule has 2 N–H and O–H groups in total. The molecule has 43 heavy (non-hydrogen) atoms. The molecule has 0 saturated carbocycles. The van der Waals surface area contributed by atoms with Crippen LogP contribution in [0.2, 0.25) is 0 Å². The molecule has 13 heteroatoms. The first kappa shape index (κ1) is 33.2. The van der Waals surface area contributed by atoms with Gasteiger partial charge in [0.25, 0.3) is 0 Å². The molecule has 2 heterocycles. The van der Waals surface area contributed by atoms with Crippen LogP contribution in [0.5, 0.6) is 5.75 Å². The van der Waals surface area contributed by atoms with Crippen LogP contribution >= 0.6 is 22.6 Å². The molecule has 0 aliphatic carbocycles. The van der Waals surface area contributed by atoms with Crippen molar-refractivity contribution in [1.29, 1.82) is 0 Å². The smallest absolute Gasteiger partial charge is 0.406 e. The molecule has 1 aromatic heterocycles. The predicted molar refractivity (Wildman–Crippen MR) is 172 cm³/mol. The Morgan fingerprint density at radius 1 is 1.12 bits per heavy atom. The van der Waals surface area contributed by atoms with Crippen LogP contribution in [0.1, 0.15) is 25.0 Å². The zero-order valence-electron chi connectivity index (χ0n) is 24.3. The second-order valence-corrected chi connectivity index (χ2v) is 13.9. The lowest BCUT2D eigenvalue weighted by atomic mass is 10.0. The van der Waals surface area contributed by atoms with Gasteiger partial charge in [0.2, 0.25) is 0 Å². The van der Waals surface area contributed by atoms with E-state index < -0.39 is 22.6 Å². The van der Waals surface area contributed by atoms with Gasteiger partial charge in [-0.25, -0.2) is 8.42 Å². The average Bonchev–Trinajstić information content (AvgIpc) is 3.30. The Bertz CT molecular complexity index is 1580. The third kappa shape index (κ3) is 8.93. The van der Waals surface area contributed by atoms with E-state index in [0.29, 0.717) is 26.4 Å². The monoisotopic (exact) mass is 732 g/mol. The summed E-state index contributed by atoms with van der Waals surface area (Å²) in [4.78, 5) is 2.55. The summed E-state index contributed by atoms with van der Waals surface area (Å²) >= 11 is 2.45. The number of fused-ring (bicyclic) bond motifs is 1. The Morgan fingerprint density at radius 2 is 1.86 bits per heavy atom. The van der Waals surface area contributed by atoms with Crippen molar-refractivity contribution in [1.82, 2.24) is 9.47 Å². The number of halogens is 4. The number of benzene rings is 2. The number of hydrogen-bond donors (Lipinski definition) is 2. The zero-order chi connectivity index (χ0) is 31.2. The summed E-state index contributed by atoms with van der Waals surface area (Å²) in [6, 6.07) is 11.7. The molecule has 3 aromatic rings. The molecule has 2 aromatic carbocycles. The van der Waals surface area contributed by atoms with Crippen LogP contribution in [0.3, 0.4) is 0 Å². The number of alkyl halides is 4. The fraction of sp³-hybridized carbons (Fsp3) is 0.467. The van der Waals surface area contributed by atoms with Gasteiger partial charge in [-0.2, -0.15) is 13.2 Å². The maximum Gasteiger partial charge on any atom is 0.406 e. The van der Waals surface area contributed by atoms with Crippen LogP contribution in [0.15, 0.2) is 47.4 Å². The van der Waals surface area contributed by atoms with Gasteiger partial charge in [-0.15, -0.1) is 0 Å². The van der Waals surface area contributed by atoms with Gasteiger partial charge in [0.05, 0.1) is 39.5 Å². The number of nitrogens with zero attached hydrogens (tertiary/aromatic N) is 2. The Kier molecular flexibility index (Phi) is 11.1. The molecular formula is C30H36F3IN4O4S. The first-order valence-corrected chi connectivity index (χ1v) is 17.0. The maximum absolute atomic E-state index is 13.6. The lowest BCUT2D eigenvalue weighted by Crippen LogP contribution is -2.42. The van der Waals surface area contributed by atoms with Crippen LogP contribution in [-0.4, -0.2) is 80.9 Å². The van der Waals surface area contributed by atoms with Crippen molar-refractivity contribution < 1.29 is 31.1 Å². The molecule has 0 spiro atoms. The van der Waals surface area contributed by atoms with Crippen molar-refractivity contribution in [2.75, 3.05) is 57.4 Å². The number of methoxy groups -OCH3 is 2. The molecule has 1 saturated heterocycles. The minimum absolute atomic E-state index is 0.105. The van der Waals surface area contributed by atoms with Crippen LogP contribution in [0, 0.1) is 11.8 Å². The van der Waals surface area contributed by atoms with Gasteiger partial charge in [0.1, 0.15) is 12.3 Å². The largest absolute Gasteiger partial charge is 0.495 e. The highest BCUT2D eigenvalue weighted by Gasteiger charge is 2.30. The van der Waals surface area contributed by atoms with E-state index in [0.717, 1.165) is 50.9 Å². The summed E-state index contributed by atoms with van der Waals surface area (Å²) in [6.45, 7) is 1.54. The number of anilines is 2. The van der Waals surface area contributed by atoms with Crippen molar-refractivity contribution in [3.05, 3.63) is 48.2 Å². The normalized spacial score (nSPS) is 15.6. The molecule has 4 rings (SSSR count). The number of nitrogens with one attached hydrogen (secondary N) is 2. The lowest BCUT2D eigenvalue weighted by Gasteiger charge is -2.35. The number of aromatic nitrogens is 1. The zero-order valence-corrected chi connectivity index (χ0v) is 27.3. The topological polar surface area (TPSA) is 84.8 Å². The lowest BCUT2D eigenvalue weighted by molar-refractivity contribution is -0.140. The highest BCUT2D eigenvalue weighted by atomic mass is 127. The van der Waals surface area contributed by atoms with Crippen LogP contribution in [0.4, 0.5) is 24.5 Å². The molecule has 0 unspecified atom stereocenters. The van der Waals surface area contributed by atoms with E-state index in [1.807, 2.05) is 6.07 Å². The van der Waals surface area contributed by atoms with Crippen molar-refractivity contribution in [3.63, 3.8) is 0 Å². The third-order valence-corrected chi connectivity index (χ3v) is 9.83. The first-order valence-electron chi connectivity index (χ1n) is 13.8. The van der Waals surface area contributed by atoms with E-state index in [-0.39, 0.29) is 23.2 Å². The van der Waals surface area contributed by atoms with Gasteiger partial charge in [-0.1, -0.05) is 34.6 Å². The molecule has 0 bridgehead atoms. The summed E-state index contributed by atoms with van der Waals surface area (Å²) in [5.41, 5.74) is 2.02. The molecule has 1 atom stereocenters. The Labute approximate surface area is 264 Å². The number of rotatable bonds is 11. The Morgan fingerprint density at radius 3 is 2.51 bits per heavy atom. The van der Waals surface area contributed by atoms with E-state index >= 15 is 0 Å². The van der Waals surface area contributed by atoms with Crippen molar-refractivity contribution in [2.24, 2.45) is 0 Å². The average molecular weight is 733 g/mol. The minimum Gasteiger partial charge on any atom is -0.495 e. The molecule has 1 fully saturated rings. The second kappa shape index (κ2) is 14.4. The number of hydrogen-bond acceptors (Lipinski definition) is 7. The number of ether oxygens (including phenoxy) is 2. The van der Waals surface area contributed by atoms with Crippen molar-refractivity contribution in [2.45, 2.75) is 47.0 Å². The van der Waals surface area contributed by atoms with Gasteiger partial charge in [-0.3, -0.25) is 4.90 Å². The summed E-state index contributed by atoms with van der Waals surface area (Å²) in [5, 5.41) is 7.33. The fourth-order valence-corrected chi connectivity index (χ4v) is 6.58. The van der Waals surface area contributed by atoms with Crippen molar-refractivity contribution in [3.8, 4) is 17.6 Å². The van der Waals surface area contributed by atoms with Gasteiger partial charge in [0, 0.05) is 56.2 Å². The van der Waals surface area contributed by atoms with Gasteiger partial charge >= 0.3 is 6.18 Å². The van der Waals surface area contributed by atoms with Crippen molar-refractivity contribution >= 4 is 54.7 Å². The Balaban J connectivity index is 1.52. The molecule has 0 amide bonds. The van der Waals surface area contributed by atoms with E-state index in [9.17, 15) is 21.6 Å². The summed E-state index contributed by atoms with van der Waals surface area (Å²) < 4.78 is 76.7. The summed E-state index contributed by atoms with van der Waals surface area (Å²) in [5.74, 6) is 6.13. The highest BCUT2D eigenvalue weighted by molar-refractivity contribution is 14.1. The minimum atomic E-state index is -4.43. The van der Waals surface area contributed by atoms with Gasteiger partial charge in [0.15, 0.2) is 9.84 Å². The molecule has 234 valence electrons. The summed E-state index contributed by atoms with van der Waals surface area (Å²) in [7, 11) is -0.282. The molecule has 8 nitrogen and oxygen atoms in total. The molecular weight excluding hydrogens is 696 g/mol. The van der Waals surface area contributed by atoms with E-state index in [1.54, 1.807) is 31.4 Å². The standard InChI is InChI=1S/C30H36F3IN4O4S/c1-41-17-13-29(34)37-15-11-21(12-16-37)36-25-7-4-8-27-24(25)18-22(38(27)20-30(31,32)33)6-5-14-35-26-10-9-23(43(3,39)40)19-28(26)42-2/h4,7-10,18-19,21,29,35-36H,11-17,20H2,1-3H3/t29-/m0/s1. The SMILES string of the molecule is COCC[C@@H](I)N1CCC(Nc2cccc3c2cc(C#CCNc2ccc(S(C)(=O)=O)cc2OC)n3CC(F)(F)F)CC1. The maximum atomic E-state index is 13.6. The second-order valence-electron chi connectivity index (χ2n) is 10.4. The molecule has 1 aliphatic rings. The van der Waals surface area contributed by atoms with Crippen LogP contribution < -0.4 is 15.4 Å². The highest BCUT2D eigenvalue weighted by Crippen LogP contribution is 2.32.